The van der Waals surface area contributed by atoms with Crippen molar-refractivity contribution in [2.75, 3.05) is 6.61 Å². The van der Waals surface area contributed by atoms with Crippen LogP contribution in [0.15, 0.2) is 0 Å². The predicted octanol–water partition coefficient (Wildman–Crippen LogP) is 1.50. The molecular weight excluding hydrogens is 365 g/mol. The summed E-state index contributed by atoms with van der Waals surface area (Å²) in [6.45, 7) is 3.89. The molecule has 0 heterocycles. The second-order valence-corrected chi connectivity index (χ2v) is 8.12. The van der Waals surface area contributed by atoms with E-state index in [-0.39, 0.29) is 12.5 Å². The molecule has 0 aromatic heterocycles. The van der Waals surface area contributed by atoms with Crippen LogP contribution >= 0.6 is 23.5 Å². The molecule has 0 aliphatic rings. The minimum atomic E-state index is -5.01. The van der Waals surface area contributed by atoms with E-state index in [0.717, 1.165) is 25.7 Å². The van der Waals surface area contributed by atoms with Gasteiger partial charge in [-0.15, -0.1) is 0 Å². The van der Waals surface area contributed by atoms with Gasteiger partial charge in [-0.1, -0.05) is 33.1 Å². The third-order valence-corrected chi connectivity index (χ3v) is 4.38. The highest BCUT2D eigenvalue weighted by Crippen LogP contribution is 2.57. The third kappa shape index (κ3) is 22.6. The van der Waals surface area contributed by atoms with Gasteiger partial charge in [-0.2, -0.15) is 4.31 Å². The lowest BCUT2D eigenvalue weighted by Gasteiger charge is -2.17. The van der Waals surface area contributed by atoms with Gasteiger partial charge < -0.3 is 29.4 Å². The molecule has 11 nitrogen and oxygen atoms in total. The Kier molecular flexibility index (Phi) is 12.3. The summed E-state index contributed by atoms with van der Waals surface area (Å²) in [6, 6.07) is 0. The molecule has 22 heavy (non-hydrogen) atoms. The summed E-state index contributed by atoms with van der Waals surface area (Å²) in [7, 11) is -14.3. The van der Waals surface area contributed by atoms with Crippen molar-refractivity contribution in [1.82, 2.24) is 0 Å². The molecule has 0 saturated carbocycles. The van der Waals surface area contributed by atoms with Crippen LogP contribution in [-0.4, -0.2) is 36.0 Å². The van der Waals surface area contributed by atoms with Gasteiger partial charge in [-0.3, -0.25) is 4.52 Å². The van der Waals surface area contributed by atoms with Gasteiger partial charge >= 0.3 is 23.5 Å². The molecule has 0 radical (unpaired) electrons. The van der Waals surface area contributed by atoms with E-state index in [1.807, 2.05) is 13.8 Å². The number of unbranched alkanes of at least 4 members (excludes halogenated alkanes) is 1. The lowest BCUT2D eigenvalue weighted by molar-refractivity contribution is 0.151. The van der Waals surface area contributed by atoms with Gasteiger partial charge in [0.05, 0.1) is 6.61 Å². The van der Waals surface area contributed by atoms with Gasteiger partial charge in [0, 0.05) is 0 Å². The van der Waals surface area contributed by atoms with E-state index < -0.39 is 23.5 Å². The molecular formula is C8H23O11P3. The molecule has 6 N–H and O–H groups in total. The number of hydrogen-bond acceptors (Lipinski definition) is 5. The number of hydrogen-bond donors (Lipinski definition) is 6. The molecule has 0 aliphatic carbocycles. The van der Waals surface area contributed by atoms with Crippen molar-refractivity contribution < 1.29 is 51.9 Å². The standard InChI is InChI=1S/C8H20O7P2.H3O4P/c1-3-5-6-8(4-2)7-14-17(12,13)15-16(9,10)11;1-5(2,3)4/h8H,3-7H2,1-2H3,(H,12,13)(H2,9,10,11);(H3,1,2,3,4). The molecule has 0 saturated heterocycles. The summed E-state index contributed by atoms with van der Waals surface area (Å²) in [5.41, 5.74) is 0. The first kappa shape index (κ1) is 24.6. The van der Waals surface area contributed by atoms with Gasteiger partial charge in [0.2, 0.25) is 0 Å². The fraction of sp³-hybridized carbons (Fsp3) is 1.00. The normalized spacial score (nSPS) is 16.4. The highest BCUT2D eigenvalue weighted by atomic mass is 31.3. The zero-order valence-corrected chi connectivity index (χ0v) is 14.9. The van der Waals surface area contributed by atoms with Gasteiger partial charge in [-0.25, -0.2) is 13.7 Å². The van der Waals surface area contributed by atoms with Crippen molar-refractivity contribution in [3.05, 3.63) is 0 Å². The first-order chi connectivity index (χ1) is 9.70. The molecule has 2 unspecified atom stereocenters. The number of phosphoric ester groups is 1. The highest BCUT2D eigenvalue weighted by Gasteiger charge is 2.32. The van der Waals surface area contributed by atoms with Crippen LogP contribution in [0.25, 0.3) is 0 Å². The molecule has 0 fully saturated rings. The topological polar surface area (TPSA) is 191 Å². The Morgan fingerprint density at radius 1 is 0.955 bits per heavy atom. The highest BCUT2D eigenvalue weighted by molar-refractivity contribution is 7.60. The van der Waals surface area contributed by atoms with Crippen LogP contribution in [0.4, 0.5) is 0 Å². The Bertz CT molecular complexity index is 419. The minimum Gasteiger partial charge on any atom is -0.303 e. The van der Waals surface area contributed by atoms with Crippen molar-refractivity contribution in [2.24, 2.45) is 5.92 Å². The SMILES string of the molecule is CCCCC(CC)COP(=O)(O)OP(=O)(O)O.O=P(O)(O)O. The van der Waals surface area contributed by atoms with Crippen LogP contribution in [0.1, 0.15) is 39.5 Å². The van der Waals surface area contributed by atoms with Gasteiger partial charge in [0.1, 0.15) is 0 Å². The molecule has 0 aromatic carbocycles. The van der Waals surface area contributed by atoms with E-state index in [1.165, 1.54) is 0 Å². The molecule has 14 heteroatoms. The molecule has 0 amide bonds. The maximum absolute atomic E-state index is 11.1. The summed E-state index contributed by atoms with van der Waals surface area (Å²) < 4.78 is 38.6. The average molecular weight is 388 g/mol. The van der Waals surface area contributed by atoms with Crippen molar-refractivity contribution >= 4 is 23.5 Å². The summed E-state index contributed by atoms with van der Waals surface area (Å²) in [5, 5.41) is 0. The molecule has 0 aromatic rings. The molecule has 0 rings (SSSR count). The largest absolute Gasteiger partial charge is 0.481 e. The zero-order chi connectivity index (χ0) is 18.0. The van der Waals surface area contributed by atoms with E-state index in [4.69, 9.17) is 33.9 Å². The fourth-order valence-electron chi connectivity index (χ4n) is 1.26. The second-order valence-electron chi connectivity index (χ2n) is 4.27. The smallest absolute Gasteiger partial charge is 0.303 e. The molecule has 0 spiro atoms. The van der Waals surface area contributed by atoms with Crippen molar-refractivity contribution in [3.63, 3.8) is 0 Å². The van der Waals surface area contributed by atoms with Crippen molar-refractivity contribution in [2.45, 2.75) is 39.5 Å². The maximum atomic E-state index is 11.1. The number of rotatable bonds is 9. The van der Waals surface area contributed by atoms with Gasteiger partial charge in [0.25, 0.3) is 0 Å². The Morgan fingerprint density at radius 3 is 1.73 bits per heavy atom. The van der Waals surface area contributed by atoms with Crippen LogP contribution in [0.5, 0.6) is 0 Å². The second kappa shape index (κ2) is 11.0. The molecule has 0 aliphatic heterocycles. The molecule has 0 bridgehead atoms. The first-order valence-electron chi connectivity index (χ1n) is 6.22. The summed E-state index contributed by atoms with van der Waals surface area (Å²) >= 11 is 0. The van der Waals surface area contributed by atoms with Crippen LogP contribution in [0.3, 0.4) is 0 Å². The van der Waals surface area contributed by atoms with Crippen molar-refractivity contribution in [3.8, 4) is 0 Å². The summed E-state index contributed by atoms with van der Waals surface area (Å²) in [6.07, 6.45) is 3.57. The Balaban J connectivity index is 0. The lowest BCUT2D eigenvalue weighted by atomic mass is 10.0. The Hall–Kier alpha value is 0.370. The molecule has 2 atom stereocenters. The van der Waals surface area contributed by atoms with Crippen LogP contribution in [-0.2, 0) is 22.5 Å². The van der Waals surface area contributed by atoms with E-state index in [1.54, 1.807) is 0 Å². The Morgan fingerprint density at radius 2 is 1.41 bits per heavy atom. The average Bonchev–Trinajstić information content (AvgIpc) is 2.23. The number of phosphoric acid groups is 3. The lowest BCUT2D eigenvalue weighted by Crippen LogP contribution is -2.08. The van der Waals surface area contributed by atoms with Crippen molar-refractivity contribution in [1.29, 1.82) is 0 Å². The molecule has 136 valence electrons. The quantitative estimate of drug-likeness (QED) is 0.314. The van der Waals surface area contributed by atoms with Gasteiger partial charge in [-0.05, 0) is 12.3 Å². The van der Waals surface area contributed by atoms with Crippen LogP contribution in [0, 0.1) is 5.92 Å². The zero-order valence-electron chi connectivity index (χ0n) is 12.2. The van der Waals surface area contributed by atoms with E-state index in [9.17, 15) is 9.13 Å². The monoisotopic (exact) mass is 388 g/mol. The summed E-state index contributed by atoms with van der Waals surface area (Å²) in [5.74, 6) is 0.0794. The first-order valence-corrected chi connectivity index (χ1v) is 10.8. The minimum absolute atomic E-state index is 0.0513. The van der Waals surface area contributed by atoms with Crippen LogP contribution < -0.4 is 0 Å². The Labute approximate surface area is 128 Å². The van der Waals surface area contributed by atoms with E-state index >= 15 is 0 Å². The van der Waals surface area contributed by atoms with E-state index in [2.05, 4.69) is 8.83 Å². The van der Waals surface area contributed by atoms with Crippen LogP contribution in [0.2, 0.25) is 0 Å². The summed E-state index contributed by atoms with van der Waals surface area (Å²) in [4.78, 5) is 47.4. The van der Waals surface area contributed by atoms with E-state index in [0.29, 0.717) is 0 Å². The predicted molar refractivity (Wildman–Crippen MR) is 76.5 cm³/mol. The maximum Gasteiger partial charge on any atom is 0.481 e. The van der Waals surface area contributed by atoms with Gasteiger partial charge in [0.15, 0.2) is 0 Å². The fourth-order valence-corrected chi connectivity index (χ4v) is 2.92. The third-order valence-electron chi connectivity index (χ3n) is 2.23.